The maximum absolute atomic E-state index is 6.34. The van der Waals surface area contributed by atoms with Crippen LogP contribution in [0.15, 0.2) is 40.8 Å². The molecule has 0 spiro atoms. The molecule has 0 saturated heterocycles. The predicted octanol–water partition coefficient (Wildman–Crippen LogP) is 3.81. The number of likely N-dealkylation sites (N-methyl/N-ethyl adjacent to an activating group) is 1. The molecule has 1 heterocycles. The minimum atomic E-state index is 0.0611. The minimum absolute atomic E-state index is 0.0611. The normalized spacial score (nSPS) is 14.4. The summed E-state index contributed by atoms with van der Waals surface area (Å²) in [6.07, 6.45) is 0.919. The fourth-order valence-electron chi connectivity index (χ4n) is 2.67. The molecule has 2 aromatic rings. The summed E-state index contributed by atoms with van der Waals surface area (Å²) in [5.74, 6) is 1.89. The zero-order valence-corrected chi connectivity index (χ0v) is 13.5. The molecule has 2 unspecified atom stereocenters. The van der Waals surface area contributed by atoms with Gasteiger partial charge < -0.3 is 10.2 Å². The topological polar surface area (TPSA) is 42.4 Å². The fourth-order valence-corrected chi connectivity index (χ4v) is 2.67. The van der Waals surface area contributed by atoms with Crippen molar-refractivity contribution in [3.8, 4) is 0 Å². The molecule has 1 aromatic carbocycles. The first-order valence-electron chi connectivity index (χ1n) is 7.59. The van der Waals surface area contributed by atoms with Crippen molar-refractivity contribution < 1.29 is 4.42 Å². The van der Waals surface area contributed by atoms with Crippen LogP contribution < -0.4 is 5.73 Å². The van der Waals surface area contributed by atoms with Crippen LogP contribution in [0.3, 0.4) is 0 Å². The second-order valence-corrected chi connectivity index (χ2v) is 5.87. The Bertz CT molecular complexity index is 559. The van der Waals surface area contributed by atoms with Gasteiger partial charge in [-0.25, -0.2) is 0 Å². The maximum Gasteiger partial charge on any atom is 0.122 e. The van der Waals surface area contributed by atoms with Crippen molar-refractivity contribution in [2.45, 2.75) is 45.8 Å². The van der Waals surface area contributed by atoms with E-state index in [0.717, 1.165) is 24.5 Å². The Kier molecular flexibility index (Phi) is 5.21. The molecule has 0 fully saturated rings. The van der Waals surface area contributed by atoms with Gasteiger partial charge in [-0.05, 0) is 45.0 Å². The Hall–Kier alpha value is -1.58. The lowest BCUT2D eigenvalue weighted by Gasteiger charge is -2.31. The first-order chi connectivity index (χ1) is 10.0. The first kappa shape index (κ1) is 15.8. The molecular formula is C18H26N2O. The number of furan rings is 1. The van der Waals surface area contributed by atoms with E-state index in [2.05, 4.69) is 50.1 Å². The smallest absolute Gasteiger partial charge is 0.122 e. The van der Waals surface area contributed by atoms with Crippen LogP contribution in [-0.4, -0.2) is 18.0 Å². The van der Waals surface area contributed by atoms with Crippen molar-refractivity contribution >= 4 is 0 Å². The average molecular weight is 286 g/mol. The lowest BCUT2D eigenvalue weighted by molar-refractivity contribution is 0.174. The van der Waals surface area contributed by atoms with E-state index in [1.54, 1.807) is 0 Å². The van der Waals surface area contributed by atoms with Crippen LogP contribution >= 0.6 is 0 Å². The van der Waals surface area contributed by atoms with Crippen molar-refractivity contribution in [1.29, 1.82) is 0 Å². The van der Waals surface area contributed by atoms with E-state index < -0.39 is 0 Å². The molecule has 0 aliphatic carbocycles. The van der Waals surface area contributed by atoms with E-state index in [9.17, 15) is 0 Å². The van der Waals surface area contributed by atoms with Crippen LogP contribution in [0, 0.1) is 13.8 Å². The standard InChI is InChI=1S/C18H26N2O/c1-5-16(19)18(17-11-8-14(3)21-17)20(4)12-15-9-6-13(2)7-10-15/h6-11,16,18H,5,12,19H2,1-4H3. The van der Waals surface area contributed by atoms with Gasteiger partial charge in [-0.3, -0.25) is 4.90 Å². The third-order valence-corrected chi connectivity index (χ3v) is 3.96. The molecule has 0 aliphatic heterocycles. The highest BCUT2D eigenvalue weighted by molar-refractivity contribution is 5.21. The van der Waals surface area contributed by atoms with Crippen molar-refractivity contribution in [1.82, 2.24) is 4.90 Å². The van der Waals surface area contributed by atoms with Gasteiger partial charge in [0.05, 0.1) is 6.04 Å². The molecule has 3 heteroatoms. The van der Waals surface area contributed by atoms with Crippen LogP contribution in [0.2, 0.25) is 0 Å². The zero-order chi connectivity index (χ0) is 15.4. The molecule has 0 aliphatic rings. The van der Waals surface area contributed by atoms with Crippen LogP contribution in [0.5, 0.6) is 0 Å². The summed E-state index contributed by atoms with van der Waals surface area (Å²) < 4.78 is 5.82. The molecule has 1 aromatic heterocycles. The van der Waals surface area contributed by atoms with Crippen molar-refractivity contribution in [2.24, 2.45) is 5.73 Å². The van der Waals surface area contributed by atoms with Crippen LogP contribution in [-0.2, 0) is 6.54 Å². The average Bonchev–Trinajstić information content (AvgIpc) is 2.87. The van der Waals surface area contributed by atoms with E-state index in [0.29, 0.717) is 0 Å². The van der Waals surface area contributed by atoms with Crippen molar-refractivity contribution in [2.75, 3.05) is 7.05 Å². The van der Waals surface area contributed by atoms with E-state index >= 15 is 0 Å². The second-order valence-electron chi connectivity index (χ2n) is 5.87. The minimum Gasteiger partial charge on any atom is -0.465 e. The summed E-state index contributed by atoms with van der Waals surface area (Å²) >= 11 is 0. The van der Waals surface area contributed by atoms with Gasteiger partial charge in [0.2, 0.25) is 0 Å². The highest BCUT2D eigenvalue weighted by Crippen LogP contribution is 2.27. The monoisotopic (exact) mass is 286 g/mol. The number of benzene rings is 1. The quantitative estimate of drug-likeness (QED) is 0.878. The van der Waals surface area contributed by atoms with E-state index in [1.807, 2.05) is 19.1 Å². The first-order valence-corrected chi connectivity index (χ1v) is 7.59. The molecule has 21 heavy (non-hydrogen) atoms. The summed E-state index contributed by atoms with van der Waals surface area (Å²) in [6, 6.07) is 12.9. The third kappa shape index (κ3) is 3.96. The summed E-state index contributed by atoms with van der Waals surface area (Å²) in [5, 5.41) is 0. The summed E-state index contributed by atoms with van der Waals surface area (Å²) in [4.78, 5) is 2.27. The lowest BCUT2D eigenvalue weighted by atomic mass is 10.0. The van der Waals surface area contributed by atoms with Crippen LogP contribution in [0.25, 0.3) is 0 Å². The van der Waals surface area contributed by atoms with Gasteiger partial charge in [-0.1, -0.05) is 36.8 Å². The van der Waals surface area contributed by atoms with E-state index in [1.165, 1.54) is 11.1 Å². The summed E-state index contributed by atoms with van der Waals surface area (Å²) in [7, 11) is 2.11. The highest BCUT2D eigenvalue weighted by atomic mass is 16.3. The Balaban J connectivity index is 2.18. The molecular weight excluding hydrogens is 260 g/mol. The van der Waals surface area contributed by atoms with Gasteiger partial charge in [-0.2, -0.15) is 0 Å². The highest BCUT2D eigenvalue weighted by Gasteiger charge is 2.26. The Morgan fingerprint density at radius 3 is 2.29 bits per heavy atom. The number of hydrogen-bond acceptors (Lipinski definition) is 3. The van der Waals surface area contributed by atoms with Gasteiger partial charge in [0, 0.05) is 12.6 Å². The predicted molar refractivity (Wildman–Crippen MR) is 87.1 cm³/mol. The molecule has 3 nitrogen and oxygen atoms in total. The Labute approximate surface area is 127 Å². The fraction of sp³-hybridized carbons (Fsp3) is 0.444. The summed E-state index contributed by atoms with van der Waals surface area (Å²) in [6.45, 7) is 7.05. The Morgan fingerprint density at radius 2 is 1.76 bits per heavy atom. The van der Waals surface area contributed by atoms with E-state index in [4.69, 9.17) is 10.2 Å². The van der Waals surface area contributed by atoms with E-state index in [-0.39, 0.29) is 12.1 Å². The largest absolute Gasteiger partial charge is 0.465 e. The second kappa shape index (κ2) is 6.92. The summed E-state index contributed by atoms with van der Waals surface area (Å²) in [5.41, 5.74) is 8.91. The molecule has 0 amide bonds. The Morgan fingerprint density at radius 1 is 1.10 bits per heavy atom. The third-order valence-electron chi connectivity index (χ3n) is 3.96. The molecule has 2 rings (SSSR count). The molecule has 2 N–H and O–H groups in total. The zero-order valence-electron chi connectivity index (χ0n) is 13.5. The molecule has 114 valence electrons. The maximum atomic E-state index is 6.34. The molecule has 2 atom stereocenters. The number of aryl methyl sites for hydroxylation is 2. The number of hydrogen-bond donors (Lipinski definition) is 1. The molecule has 0 saturated carbocycles. The number of nitrogens with two attached hydrogens (primary N) is 1. The lowest BCUT2D eigenvalue weighted by Crippen LogP contribution is -2.38. The van der Waals surface area contributed by atoms with Gasteiger partial charge in [0.25, 0.3) is 0 Å². The van der Waals surface area contributed by atoms with Crippen molar-refractivity contribution in [3.05, 3.63) is 59.0 Å². The van der Waals surface area contributed by atoms with Crippen LogP contribution in [0.1, 0.15) is 42.0 Å². The SMILES string of the molecule is CCC(N)C(c1ccc(C)o1)N(C)Cc1ccc(C)cc1. The van der Waals surface area contributed by atoms with Gasteiger partial charge in [0.15, 0.2) is 0 Å². The van der Waals surface area contributed by atoms with Gasteiger partial charge in [0.1, 0.15) is 11.5 Å². The van der Waals surface area contributed by atoms with Crippen molar-refractivity contribution in [3.63, 3.8) is 0 Å². The van der Waals surface area contributed by atoms with Gasteiger partial charge in [-0.15, -0.1) is 0 Å². The molecule has 0 bridgehead atoms. The molecule has 0 radical (unpaired) electrons. The number of rotatable bonds is 6. The van der Waals surface area contributed by atoms with Crippen LogP contribution in [0.4, 0.5) is 0 Å². The van der Waals surface area contributed by atoms with Gasteiger partial charge >= 0.3 is 0 Å². The number of nitrogens with zero attached hydrogens (tertiary/aromatic N) is 1.